The number of thiophene rings is 1. The molecule has 0 fully saturated rings. The zero-order chi connectivity index (χ0) is 10.1. The minimum absolute atomic E-state index is 0.263. The van der Waals surface area contributed by atoms with Gasteiger partial charge in [0.1, 0.15) is 0 Å². The molecule has 2 heterocycles. The largest absolute Gasteiger partial charge is 0.366 e. The number of nitrogen functional groups attached to an aromatic ring is 1. The highest BCUT2D eigenvalue weighted by molar-refractivity contribution is 9.10. The summed E-state index contributed by atoms with van der Waals surface area (Å²) in [6.45, 7) is 0.627. The third-order valence-corrected chi connectivity index (χ3v) is 3.38. The van der Waals surface area contributed by atoms with Crippen molar-refractivity contribution in [2.24, 2.45) is 0 Å². The zero-order valence-corrected chi connectivity index (χ0v) is 10.1. The molecule has 14 heavy (non-hydrogen) atoms. The van der Waals surface area contributed by atoms with E-state index in [9.17, 15) is 0 Å². The van der Waals surface area contributed by atoms with Crippen molar-refractivity contribution in [3.8, 4) is 0 Å². The van der Waals surface area contributed by atoms with E-state index in [0.717, 1.165) is 9.21 Å². The molecule has 2 N–H and O–H groups in total. The van der Waals surface area contributed by atoms with E-state index in [2.05, 4.69) is 26.0 Å². The molecule has 2 rings (SSSR count). The van der Waals surface area contributed by atoms with Gasteiger partial charge in [-0.3, -0.25) is 0 Å². The first kappa shape index (κ1) is 9.95. The maximum atomic E-state index is 5.81. The molecule has 0 amide bonds. The summed E-state index contributed by atoms with van der Waals surface area (Å²) in [6, 6.07) is 3.81. The van der Waals surface area contributed by atoms with E-state index in [-0.39, 0.29) is 5.95 Å². The Morgan fingerprint density at radius 3 is 2.86 bits per heavy atom. The van der Waals surface area contributed by atoms with Crippen LogP contribution >= 0.6 is 38.9 Å². The Bertz CT molecular complexity index is 452. The smallest absolute Gasteiger partial charge is 0.240 e. The number of hydrogen-bond acceptors (Lipinski definition) is 4. The van der Waals surface area contributed by atoms with Crippen LogP contribution < -0.4 is 5.73 Å². The normalized spacial score (nSPS) is 10.7. The van der Waals surface area contributed by atoms with Crippen LogP contribution in [0.1, 0.15) is 4.88 Å². The molecule has 2 aromatic rings. The van der Waals surface area contributed by atoms with Gasteiger partial charge in [-0.1, -0.05) is 11.6 Å². The SMILES string of the molecule is Nc1nc(Br)n(Cc2ccc(Cl)s2)n1. The molecular weight excluding hydrogens is 288 g/mol. The van der Waals surface area contributed by atoms with Gasteiger partial charge < -0.3 is 5.73 Å². The summed E-state index contributed by atoms with van der Waals surface area (Å²) in [6.07, 6.45) is 0. The van der Waals surface area contributed by atoms with Crippen LogP contribution in [0.25, 0.3) is 0 Å². The minimum atomic E-state index is 0.263. The summed E-state index contributed by atoms with van der Waals surface area (Å²) < 4.78 is 3.07. The second-order valence-corrected chi connectivity index (χ2v) is 5.11. The molecule has 0 aliphatic carbocycles. The average Bonchev–Trinajstić information content (AvgIpc) is 2.61. The van der Waals surface area contributed by atoms with Crippen molar-refractivity contribution < 1.29 is 0 Å². The first-order valence-corrected chi connectivity index (χ1v) is 5.74. The molecule has 0 bridgehead atoms. The first-order chi connectivity index (χ1) is 6.65. The Balaban J connectivity index is 2.22. The molecule has 0 aliphatic heterocycles. The highest BCUT2D eigenvalue weighted by atomic mass is 79.9. The number of nitrogens with zero attached hydrogens (tertiary/aromatic N) is 3. The minimum Gasteiger partial charge on any atom is -0.366 e. The third kappa shape index (κ3) is 2.08. The summed E-state index contributed by atoms with van der Waals surface area (Å²) in [4.78, 5) is 5.04. The molecule has 0 aliphatic rings. The number of anilines is 1. The van der Waals surface area contributed by atoms with Crippen molar-refractivity contribution >= 4 is 44.8 Å². The molecule has 0 saturated carbocycles. The van der Waals surface area contributed by atoms with Gasteiger partial charge in [0.15, 0.2) is 4.73 Å². The van der Waals surface area contributed by atoms with Crippen LogP contribution in [0.15, 0.2) is 16.9 Å². The van der Waals surface area contributed by atoms with Crippen molar-refractivity contribution in [2.75, 3.05) is 5.73 Å². The van der Waals surface area contributed by atoms with E-state index in [1.165, 1.54) is 11.3 Å². The molecule has 0 spiro atoms. The number of aromatic nitrogens is 3. The Labute approximate surface area is 97.8 Å². The second kappa shape index (κ2) is 3.88. The molecule has 2 aromatic heterocycles. The summed E-state index contributed by atoms with van der Waals surface area (Å²) in [5.41, 5.74) is 5.44. The monoisotopic (exact) mass is 292 g/mol. The van der Waals surface area contributed by atoms with Crippen molar-refractivity contribution in [1.29, 1.82) is 0 Å². The van der Waals surface area contributed by atoms with Gasteiger partial charge >= 0.3 is 0 Å². The molecule has 7 heteroatoms. The predicted molar refractivity (Wildman–Crippen MR) is 60.6 cm³/mol. The van der Waals surface area contributed by atoms with Crippen LogP contribution in [0.4, 0.5) is 5.95 Å². The van der Waals surface area contributed by atoms with Gasteiger partial charge in [0.05, 0.1) is 10.9 Å². The van der Waals surface area contributed by atoms with Crippen LogP contribution in [-0.2, 0) is 6.54 Å². The van der Waals surface area contributed by atoms with Crippen molar-refractivity contribution in [3.05, 3.63) is 26.1 Å². The quantitative estimate of drug-likeness (QED) is 0.925. The Kier molecular flexibility index (Phi) is 2.76. The maximum Gasteiger partial charge on any atom is 0.240 e. The third-order valence-electron chi connectivity index (χ3n) is 1.58. The lowest BCUT2D eigenvalue weighted by Crippen LogP contribution is -2.00. The summed E-state index contributed by atoms with van der Waals surface area (Å²) in [5.74, 6) is 0.263. The molecule has 0 unspecified atom stereocenters. The van der Waals surface area contributed by atoms with E-state index in [1.807, 2.05) is 12.1 Å². The number of halogens is 2. The fraction of sp³-hybridized carbons (Fsp3) is 0.143. The second-order valence-electron chi connectivity index (χ2n) is 2.60. The summed E-state index contributed by atoms with van der Waals surface area (Å²) in [7, 11) is 0. The lowest BCUT2D eigenvalue weighted by Gasteiger charge is -1.97. The standard InChI is InChI=1S/C7H6BrClN4S/c8-6-11-7(10)12-13(6)3-4-1-2-5(9)14-4/h1-2H,3H2,(H2,10,12). The lowest BCUT2D eigenvalue weighted by atomic mass is 10.5. The highest BCUT2D eigenvalue weighted by Gasteiger charge is 2.06. The molecule has 0 aromatic carbocycles. The number of rotatable bonds is 2. The zero-order valence-electron chi connectivity index (χ0n) is 6.94. The maximum absolute atomic E-state index is 5.81. The van der Waals surface area contributed by atoms with Gasteiger partial charge in [-0.15, -0.1) is 16.4 Å². The number of hydrogen-bond donors (Lipinski definition) is 1. The van der Waals surface area contributed by atoms with Crippen molar-refractivity contribution in [2.45, 2.75) is 6.54 Å². The van der Waals surface area contributed by atoms with E-state index in [4.69, 9.17) is 17.3 Å². The fourth-order valence-electron chi connectivity index (χ4n) is 1.02. The van der Waals surface area contributed by atoms with Crippen LogP contribution in [0, 0.1) is 0 Å². The predicted octanol–water partition coefficient (Wildman–Crippen LogP) is 2.39. The average molecular weight is 294 g/mol. The Morgan fingerprint density at radius 2 is 2.36 bits per heavy atom. The summed E-state index contributed by atoms with van der Waals surface area (Å²) in [5, 5.41) is 4.01. The molecule has 74 valence electrons. The van der Waals surface area contributed by atoms with Gasteiger partial charge in [0.2, 0.25) is 5.95 Å². The van der Waals surface area contributed by atoms with Crippen LogP contribution in [0.3, 0.4) is 0 Å². The Hall–Kier alpha value is -0.590. The molecule has 0 atom stereocenters. The van der Waals surface area contributed by atoms with E-state index in [1.54, 1.807) is 4.68 Å². The van der Waals surface area contributed by atoms with Crippen molar-refractivity contribution in [3.63, 3.8) is 0 Å². The molecular formula is C7H6BrClN4S. The number of nitrogens with two attached hydrogens (primary N) is 1. The van der Waals surface area contributed by atoms with E-state index < -0.39 is 0 Å². The van der Waals surface area contributed by atoms with Gasteiger partial charge in [0.25, 0.3) is 0 Å². The van der Waals surface area contributed by atoms with Crippen LogP contribution in [-0.4, -0.2) is 14.8 Å². The topological polar surface area (TPSA) is 56.7 Å². The van der Waals surface area contributed by atoms with Gasteiger partial charge in [-0.2, -0.15) is 4.98 Å². The Morgan fingerprint density at radius 1 is 1.57 bits per heavy atom. The van der Waals surface area contributed by atoms with Gasteiger partial charge in [-0.05, 0) is 28.1 Å². The van der Waals surface area contributed by atoms with E-state index >= 15 is 0 Å². The molecule has 4 nitrogen and oxygen atoms in total. The fourth-order valence-corrected chi connectivity index (χ4v) is 2.48. The molecule has 0 radical (unpaired) electrons. The lowest BCUT2D eigenvalue weighted by molar-refractivity contribution is 0.677. The summed E-state index contributed by atoms with van der Waals surface area (Å²) >= 11 is 10.6. The van der Waals surface area contributed by atoms with Crippen LogP contribution in [0.2, 0.25) is 4.34 Å². The first-order valence-electron chi connectivity index (χ1n) is 3.75. The van der Waals surface area contributed by atoms with Gasteiger partial charge in [-0.25, -0.2) is 4.68 Å². The van der Waals surface area contributed by atoms with Crippen LogP contribution in [0.5, 0.6) is 0 Å². The highest BCUT2D eigenvalue weighted by Crippen LogP contribution is 2.23. The molecule has 0 saturated heterocycles. The van der Waals surface area contributed by atoms with Gasteiger partial charge in [0, 0.05) is 4.88 Å². The van der Waals surface area contributed by atoms with E-state index in [0.29, 0.717) is 11.3 Å². The van der Waals surface area contributed by atoms with Crippen molar-refractivity contribution in [1.82, 2.24) is 14.8 Å².